The van der Waals surface area contributed by atoms with Gasteiger partial charge >= 0.3 is 5.97 Å². The molecule has 0 heterocycles. The molecule has 1 aromatic rings. The van der Waals surface area contributed by atoms with Crippen molar-refractivity contribution < 1.29 is 14.0 Å². The van der Waals surface area contributed by atoms with Crippen molar-refractivity contribution >= 4 is 52.8 Å². The molecule has 94 valence electrons. The van der Waals surface area contributed by atoms with Gasteiger partial charge in [-0.3, -0.25) is 0 Å². The van der Waals surface area contributed by atoms with Crippen LogP contribution in [0.1, 0.15) is 10.4 Å². The van der Waals surface area contributed by atoms with Gasteiger partial charge in [0, 0.05) is 4.47 Å². The molecule has 0 saturated carbocycles. The van der Waals surface area contributed by atoms with E-state index in [0.29, 0.717) is 11.3 Å². The number of carbonyl (C=O) groups is 1. The first-order valence-corrected chi connectivity index (χ1v) is 10.3. The highest BCUT2D eigenvalue weighted by atomic mass is 127. The quantitative estimate of drug-likeness (QED) is 0.413. The average molecular weight is 429 g/mol. The normalized spacial score (nSPS) is 11.2. The molecule has 3 nitrogen and oxygen atoms in total. The van der Waals surface area contributed by atoms with E-state index in [1.807, 2.05) is 6.07 Å². The Hall–Kier alpha value is -0.0831. The summed E-state index contributed by atoms with van der Waals surface area (Å²) in [6.07, 6.45) is 0. The summed E-state index contributed by atoms with van der Waals surface area (Å²) in [4.78, 5) is 11.7. The van der Waals surface area contributed by atoms with E-state index < -0.39 is 8.32 Å². The second kappa shape index (κ2) is 5.70. The highest BCUT2D eigenvalue weighted by Gasteiger charge is 2.23. The molecule has 0 fully saturated rings. The Kier molecular flexibility index (Phi) is 5.03. The lowest BCUT2D eigenvalue weighted by atomic mass is 10.2. The van der Waals surface area contributed by atoms with E-state index in [4.69, 9.17) is 9.16 Å². The summed E-state index contributed by atoms with van der Waals surface area (Å²) >= 11 is 5.53. The van der Waals surface area contributed by atoms with E-state index in [1.165, 1.54) is 7.11 Å². The van der Waals surface area contributed by atoms with Crippen LogP contribution >= 0.6 is 38.5 Å². The first-order chi connectivity index (χ1) is 7.74. The summed E-state index contributed by atoms with van der Waals surface area (Å²) in [5.41, 5.74) is 0.466. The minimum Gasteiger partial charge on any atom is -0.543 e. The average Bonchev–Trinajstić information content (AvgIpc) is 2.19. The minimum absolute atomic E-state index is 0.377. The van der Waals surface area contributed by atoms with Gasteiger partial charge in [-0.2, -0.15) is 0 Å². The van der Waals surface area contributed by atoms with Crippen LogP contribution in [-0.2, 0) is 4.74 Å². The fourth-order valence-electron chi connectivity index (χ4n) is 1.23. The zero-order chi connectivity index (χ0) is 13.2. The molecule has 0 aliphatic carbocycles. The second-order valence-electron chi connectivity index (χ2n) is 4.47. The van der Waals surface area contributed by atoms with E-state index >= 15 is 0 Å². The maximum absolute atomic E-state index is 11.7. The number of hydrogen-bond acceptors (Lipinski definition) is 3. The third-order valence-corrected chi connectivity index (χ3v) is 3.90. The van der Waals surface area contributed by atoms with Gasteiger partial charge in [0.2, 0.25) is 8.32 Å². The Balaban J connectivity index is 3.30. The van der Waals surface area contributed by atoms with Gasteiger partial charge in [0.1, 0.15) is 11.3 Å². The zero-order valence-electron chi connectivity index (χ0n) is 10.1. The van der Waals surface area contributed by atoms with Crippen molar-refractivity contribution in [2.45, 2.75) is 19.6 Å². The standard InChI is InChI=1S/C11H14BrIO3Si/c1-15-11(14)8-5-7(12)6-9(13)10(8)16-17(2,3)4/h5-6H,1-4H3. The van der Waals surface area contributed by atoms with Crippen molar-refractivity contribution in [2.24, 2.45) is 0 Å². The van der Waals surface area contributed by atoms with Crippen LogP contribution in [0.3, 0.4) is 0 Å². The molecule has 0 bridgehead atoms. The van der Waals surface area contributed by atoms with Gasteiger partial charge in [0.15, 0.2) is 0 Å². The topological polar surface area (TPSA) is 35.5 Å². The minimum atomic E-state index is -1.76. The molecule has 0 radical (unpaired) electrons. The third kappa shape index (κ3) is 4.25. The van der Waals surface area contributed by atoms with Crippen LogP contribution in [0.4, 0.5) is 0 Å². The van der Waals surface area contributed by atoms with Crippen LogP contribution in [0.5, 0.6) is 5.75 Å². The number of rotatable bonds is 3. The zero-order valence-corrected chi connectivity index (χ0v) is 14.9. The smallest absolute Gasteiger partial charge is 0.341 e. The van der Waals surface area contributed by atoms with Crippen LogP contribution in [-0.4, -0.2) is 21.4 Å². The highest BCUT2D eigenvalue weighted by Crippen LogP contribution is 2.32. The van der Waals surface area contributed by atoms with Crippen LogP contribution in [0, 0.1) is 3.57 Å². The predicted octanol–water partition coefficient (Wildman–Crippen LogP) is 4.05. The number of carbonyl (C=O) groups excluding carboxylic acids is 1. The van der Waals surface area contributed by atoms with Gasteiger partial charge in [0.25, 0.3) is 0 Å². The Bertz CT molecular complexity index is 443. The van der Waals surface area contributed by atoms with Crippen LogP contribution in [0.15, 0.2) is 16.6 Å². The van der Waals surface area contributed by atoms with Gasteiger partial charge in [-0.1, -0.05) is 15.9 Å². The van der Waals surface area contributed by atoms with E-state index in [9.17, 15) is 4.79 Å². The largest absolute Gasteiger partial charge is 0.543 e. The predicted molar refractivity (Wildman–Crippen MR) is 82.2 cm³/mol. The molecule has 17 heavy (non-hydrogen) atoms. The van der Waals surface area contributed by atoms with Crippen molar-refractivity contribution in [1.29, 1.82) is 0 Å². The molecule has 0 spiro atoms. The lowest BCUT2D eigenvalue weighted by Gasteiger charge is -2.22. The van der Waals surface area contributed by atoms with Gasteiger partial charge in [-0.05, 0) is 54.4 Å². The van der Waals surface area contributed by atoms with Gasteiger partial charge in [-0.25, -0.2) is 4.79 Å². The Morgan fingerprint density at radius 1 is 1.35 bits per heavy atom. The molecular weight excluding hydrogens is 415 g/mol. The third-order valence-electron chi connectivity index (χ3n) is 1.82. The number of benzene rings is 1. The van der Waals surface area contributed by atoms with Crippen molar-refractivity contribution in [3.63, 3.8) is 0 Å². The van der Waals surface area contributed by atoms with Crippen LogP contribution in [0.2, 0.25) is 19.6 Å². The SMILES string of the molecule is COC(=O)c1cc(Br)cc(I)c1O[Si](C)(C)C. The molecule has 0 saturated heterocycles. The molecule has 0 atom stereocenters. The summed E-state index contributed by atoms with van der Waals surface area (Å²) in [6, 6.07) is 3.64. The summed E-state index contributed by atoms with van der Waals surface area (Å²) < 4.78 is 12.5. The first kappa shape index (κ1) is 15.0. The van der Waals surface area contributed by atoms with E-state index in [2.05, 4.69) is 58.2 Å². The lowest BCUT2D eigenvalue weighted by Crippen LogP contribution is -2.30. The van der Waals surface area contributed by atoms with E-state index in [1.54, 1.807) is 6.07 Å². The molecule has 0 aliphatic rings. The summed E-state index contributed by atoms with van der Waals surface area (Å²) in [7, 11) is -0.395. The van der Waals surface area contributed by atoms with Crippen molar-refractivity contribution in [1.82, 2.24) is 0 Å². The molecule has 0 aliphatic heterocycles. The van der Waals surface area contributed by atoms with E-state index in [-0.39, 0.29) is 5.97 Å². The van der Waals surface area contributed by atoms with E-state index in [0.717, 1.165) is 8.04 Å². The first-order valence-electron chi connectivity index (χ1n) is 5.01. The number of halogens is 2. The molecule has 0 unspecified atom stereocenters. The maximum atomic E-state index is 11.7. The highest BCUT2D eigenvalue weighted by molar-refractivity contribution is 14.1. The Morgan fingerprint density at radius 2 is 1.94 bits per heavy atom. The molecule has 6 heteroatoms. The summed E-state index contributed by atoms with van der Waals surface area (Å²) in [5, 5.41) is 0. The number of ether oxygens (including phenoxy) is 1. The fourth-order valence-corrected chi connectivity index (χ4v) is 3.89. The summed E-state index contributed by atoms with van der Waals surface area (Å²) in [6.45, 7) is 6.23. The monoisotopic (exact) mass is 428 g/mol. The van der Waals surface area contributed by atoms with Gasteiger partial charge in [0.05, 0.1) is 10.7 Å². The van der Waals surface area contributed by atoms with Crippen molar-refractivity contribution in [3.8, 4) is 5.75 Å². The number of esters is 1. The Labute approximate surface area is 124 Å². The fraction of sp³-hybridized carbons (Fsp3) is 0.364. The molecule has 0 amide bonds. The second-order valence-corrected chi connectivity index (χ2v) is 11.0. The lowest BCUT2D eigenvalue weighted by molar-refractivity contribution is 0.0598. The molecular formula is C11H14BrIO3Si. The van der Waals surface area contributed by atoms with Crippen molar-refractivity contribution in [3.05, 3.63) is 25.7 Å². The van der Waals surface area contributed by atoms with Crippen molar-refractivity contribution in [2.75, 3.05) is 7.11 Å². The Morgan fingerprint density at radius 3 is 2.41 bits per heavy atom. The number of methoxy groups -OCH3 is 1. The molecule has 0 aromatic heterocycles. The number of hydrogen-bond donors (Lipinski definition) is 0. The van der Waals surface area contributed by atoms with Gasteiger partial charge in [-0.15, -0.1) is 0 Å². The maximum Gasteiger partial charge on any atom is 0.341 e. The molecule has 1 rings (SSSR count). The van der Waals surface area contributed by atoms with Gasteiger partial charge < -0.3 is 9.16 Å². The molecule has 0 N–H and O–H groups in total. The van der Waals surface area contributed by atoms with Crippen LogP contribution in [0.25, 0.3) is 0 Å². The summed E-state index contributed by atoms with van der Waals surface area (Å²) in [5.74, 6) is 0.247. The van der Waals surface area contributed by atoms with Crippen LogP contribution < -0.4 is 4.43 Å². The molecule has 1 aromatic carbocycles.